The smallest absolute Gasteiger partial charge is 0.319 e. The molecule has 3 amide bonds. The summed E-state index contributed by atoms with van der Waals surface area (Å²) in [6.07, 6.45) is 1.50. The number of benzene rings is 2. The third kappa shape index (κ3) is 5.77. The number of anilines is 1. The van der Waals surface area contributed by atoms with Crippen LogP contribution in [-0.2, 0) is 6.54 Å². The number of halogens is 1. The summed E-state index contributed by atoms with van der Waals surface area (Å²) in [5, 5.41) is 7.85. The number of nitrogens with zero attached hydrogens (tertiary/aromatic N) is 1. The van der Waals surface area contributed by atoms with Crippen molar-refractivity contribution in [1.82, 2.24) is 15.6 Å². The summed E-state index contributed by atoms with van der Waals surface area (Å²) in [5.41, 5.74) is 1.63. The predicted molar refractivity (Wildman–Crippen MR) is 106 cm³/mol. The second-order valence-electron chi connectivity index (χ2n) is 6.02. The molecule has 1 heterocycles. The van der Waals surface area contributed by atoms with Crippen LogP contribution >= 0.6 is 0 Å². The molecule has 3 aromatic rings. The average Bonchev–Trinajstić information content (AvgIpc) is 2.74. The third-order valence-electron chi connectivity index (χ3n) is 3.91. The predicted octanol–water partition coefficient (Wildman–Crippen LogP) is 3.69. The number of pyridine rings is 1. The summed E-state index contributed by atoms with van der Waals surface area (Å²) in [5.74, 6) is 0.410. The molecule has 0 bridgehead atoms. The number of amides is 3. The maximum atomic E-state index is 12.9. The number of rotatable bonds is 6. The highest BCUT2D eigenvalue weighted by Crippen LogP contribution is 2.22. The van der Waals surface area contributed by atoms with Crippen molar-refractivity contribution < 1.29 is 18.7 Å². The fourth-order valence-corrected chi connectivity index (χ4v) is 2.43. The molecule has 0 atom stereocenters. The molecule has 3 rings (SSSR count). The molecule has 2 aromatic carbocycles. The number of urea groups is 1. The highest BCUT2D eigenvalue weighted by atomic mass is 19.1. The van der Waals surface area contributed by atoms with Gasteiger partial charge in [0.2, 0.25) is 0 Å². The average molecular weight is 394 g/mol. The molecular formula is C21H19FN4O3. The van der Waals surface area contributed by atoms with E-state index in [1.54, 1.807) is 24.3 Å². The first-order valence-electron chi connectivity index (χ1n) is 8.79. The van der Waals surface area contributed by atoms with E-state index in [0.717, 1.165) is 5.56 Å². The summed E-state index contributed by atoms with van der Waals surface area (Å²) in [6, 6.07) is 15.5. The number of aromatic nitrogens is 1. The second kappa shape index (κ2) is 9.32. The van der Waals surface area contributed by atoms with Crippen molar-refractivity contribution in [2.45, 2.75) is 6.54 Å². The molecule has 0 aliphatic heterocycles. The standard InChI is InChI=1S/C21H19FN4O3/c1-23-20(27)19-12-18(10-11-24-19)29-17-8-2-14(3-9-17)13-25-21(28)26-16-6-4-15(22)5-7-16/h2-12H,13H2,1H3,(H,23,27)(H2,25,26,28). The molecule has 29 heavy (non-hydrogen) atoms. The van der Waals surface area contributed by atoms with Gasteiger partial charge in [-0.1, -0.05) is 12.1 Å². The van der Waals surface area contributed by atoms with Crippen LogP contribution in [0.4, 0.5) is 14.9 Å². The van der Waals surface area contributed by atoms with Crippen molar-refractivity contribution in [3.63, 3.8) is 0 Å². The molecule has 0 radical (unpaired) electrons. The Morgan fingerprint density at radius 1 is 1.00 bits per heavy atom. The topological polar surface area (TPSA) is 92.4 Å². The van der Waals surface area contributed by atoms with Crippen molar-refractivity contribution in [2.75, 3.05) is 12.4 Å². The van der Waals surface area contributed by atoms with E-state index in [1.807, 2.05) is 12.1 Å². The highest BCUT2D eigenvalue weighted by Gasteiger charge is 2.07. The molecule has 0 saturated carbocycles. The largest absolute Gasteiger partial charge is 0.457 e. The van der Waals surface area contributed by atoms with Gasteiger partial charge in [0.15, 0.2) is 0 Å². The molecule has 148 valence electrons. The van der Waals surface area contributed by atoms with Gasteiger partial charge in [-0.15, -0.1) is 0 Å². The van der Waals surface area contributed by atoms with Crippen molar-refractivity contribution in [3.8, 4) is 11.5 Å². The third-order valence-corrected chi connectivity index (χ3v) is 3.91. The van der Waals surface area contributed by atoms with E-state index in [2.05, 4.69) is 20.9 Å². The lowest BCUT2D eigenvalue weighted by Gasteiger charge is -2.09. The van der Waals surface area contributed by atoms with Crippen LogP contribution in [0.25, 0.3) is 0 Å². The Morgan fingerprint density at radius 2 is 1.72 bits per heavy atom. The van der Waals surface area contributed by atoms with Gasteiger partial charge in [0.05, 0.1) is 0 Å². The SMILES string of the molecule is CNC(=O)c1cc(Oc2ccc(CNC(=O)Nc3ccc(F)cc3)cc2)ccn1. The monoisotopic (exact) mass is 394 g/mol. The van der Waals surface area contributed by atoms with E-state index in [0.29, 0.717) is 23.7 Å². The van der Waals surface area contributed by atoms with Gasteiger partial charge in [-0.25, -0.2) is 9.18 Å². The van der Waals surface area contributed by atoms with Gasteiger partial charge >= 0.3 is 6.03 Å². The van der Waals surface area contributed by atoms with Crippen LogP contribution < -0.4 is 20.7 Å². The molecule has 8 heteroatoms. The van der Waals surface area contributed by atoms with E-state index in [4.69, 9.17) is 4.74 Å². The minimum atomic E-state index is -0.393. The van der Waals surface area contributed by atoms with Gasteiger partial charge in [-0.05, 0) is 48.0 Å². The number of ether oxygens (including phenoxy) is 1. The summed E-state index contributed by atoms with van der Waals surface area (Å²) in [7, 11) is 1.53. The second-order valence-corrected chi connectivity index (χ2v) is 6.02. The Bertz CT molecular complexity index is 992. The number of carbonyl (C=O) groups excluding carboxylic acids is 2. The number of hydrogen-bond donors (Lipinski definition) is 3. The van der Waals surface area contributed by atoms with Crippen LogP contribution in [0.1, 0.15) is 16.1 Å². The van der Waals surface area contributed by atoms with Crippen LogP contribution in [-0.4, -0.2) is 24.0 Å². The van der Waals surface area contributed by atoms with Crippen molar-refractivity contribution in [2.24, 2.45) is 0 Å². The zero-order valence-electron chi connectivity index (χ0n) is 15.6. The Kier molecular flexibility index (Phi) is 6.36. The molecule has 0 saturated heterocycles. The summed E-state index contributed by atoms with van der Waals surface area (Å²) in [4.78, 5) is 27.5. The summed E-state index contributed by atoms with van der Waals surface area (Å²) in [6.45, 7) is 0.309. The first-order valence-corrected chi connectivity index (χ1v) is 8.79. The van der Waals surface area contributed by atoms with Crippen LogP contribution in [0.5, 0.6) is 11.5 Å². The Balaban J connectivity index is 1.53. The van der Waals surface area contributed by atoms with Gasteiger partial charge in [-0.2, -0.15) is 0 Å². The minimum Gasteiger partial charge on any atom is -0.457 e. The summed E-state index contributed by atoms with van der Waals surface area (Å²) >= 11 is 0. The van der Waals surface area contributed by atoms with Crippen LogP contribution in [0.3, 0.4) is 0 Å². The maximum absolute atomic E-state index is 12.9. The quantitative estimate of drug-likeness (QED) is 0.595. The lowest BCUT2D eigenvalue weighted by Crippen LogP contribution is -2.28. The van der Waals surface area contributed by atoms with E-state index in [-0.39, 0.29) is 17.4 Å². The van der Waals surface area contributed by atoms with Crippen molar-refractivity contribution in [3.05, 3.63) is 83.9 Å². The van der Waals surface area contributed by atoms with Crippen LogP contribution in [0.15, 0.2) is 66.9 Å². The lowest BCUT2D eigenvalue weighted by atomic mass is 10.2. The molecule has 0 unspecified atom stereocenters. The maximum Gasteiger partial charge on any atom is 0.319 e. The molecule has 1 aromatic heterocycles. The summed E-state index contributed by atoms with van der Waals surface area (Å²) < 4.78 is 18.6. The van der Waals surface area contributed by atoms with Gasteiger partial charge in [0, 0.05) is 31.5 Å². The highest BCUT2D eigenvalue weighted by molar-refractivity contribution is 5.92. The lowest BCUT2D eigenvalue weighted by molar-refractivity contribution is 0.0958. The number of nitrogens with one attached hydrogen (secondary N) is 3. The number of hydrogen-bond acceptors (Lipinski definition) is 4. The molecule has 0 spiro atoms. The molecule has 3 N–H and O–H groups in total. The molecule has 0 aliphatic rings. The molecule has 0 fully saturated rings. The van der Waals surface area contributed by atoms with E-state index in [1.165, 1.54) is 37.5 Å². The number of carbonyl (C=O) groups is 2. The Morgan fingerprint density at radius 3 is 2.41 bits per heavy atom. The molecular weight excluding hydrogens is 375 g/mol. The van der Waals surface area contributed by atoms with Gasteiger partial charge < -0.3 is 20.7 Å². The van der Waals surface area contributed by atoms with Crippen LogP contribution in [0, 0.1) is 5.82 Å². The fourth-order valence-electron chi connectivity index (χ4n) is 2.43. The Labute approximate surface area is 166 Å². The fraction of sp³-hybridized carbons (Fsp3) is 0.0952. The normalized spacial score (nSPS) is 10.1. The molecule has 0 aliphatic carbocycles. The van der Waals surface area contributed by atoms with Crippen molar-refractivity contribution >= 4 is 17.6 Å². The Hall–Kier alpha value is -3.94. The van der Waals surface area contributed by atoms with E-state index in [9.17, 15) is 14.0 Å². The van der Waals surface area contributed by atoms with Gasteiger partial charge in [0.25, 0.3) is 5.91 Å². The first-order chi connectivity index (χ1) is 14.0. The van der Waals surface area contributed by atoms with Gasteiger partial charge in [-0.3, -0.25) is 9.78 Å². The van der Waals surface area contributed by atoms with E-state index < -0.39 is 6.03 Å². The van der Waals surface area contributed by atoms with Crippen LogP contribution in [0.2, 0.25) is 0 Å². The van der Waals surface area contributed by atoms with Crippen molar-refractivity contribution in [1.29, 1.82) is 0 Å². The first kappa shape index (κ1) is 19.8. The van der Waals surface area contributed by atoms with E-state index >= 15 is 0 Å². The van der Waals surface area contributed by atoms with Gasteiger partial charge in [0.1, 0.15) is 23.0 Å². The zero-order chi connectivity index (χ0) is 20.6. The molecule has 7 nitrogen and oxygen atoms in total. The zero-order valence-corrected chi connectivity index (χ0v) is 15.6. The minimum absolute atomic E-state index is 0.262.